The first-order valence-corrected chi connectivity index (χ1v) is 6.29. The van der Waals surface area contributed by atoms with Gasteiger partial charge in [-0.2, -0.15) is 0 Å². The number of ether oxygens (including phenoxy) is 1. The molecule has 21 heavy (non-hydrogen) atoms. The molecule has 2 aromatic carbocycles. The van der Waals surface area contributed by atoms with E-state index in [4.69, 9.17) is 10.5 Å². The maximum atomic E-state index is 13.5. The van der Waals surface area contributed by atoms with Crippen LogP contribution in [0.5, 0.6) is 5.75 Å². The average Bonchev–Trinajstić information content (AvgIpc) is 2.48. The van der Waals surface area contributed by atoms with Crippen molar-refractivity contribution in [1.29, 1.82) is 0 Å². The number of rotatable bonds is 5. The predicted molar refractivity (Wildman–Crippen MR) is 75.3 cm³/mol. The molecule has 6 heteroatoms. The Labute approximate surface area is 120 Å². The van der Waals surface area contributed by atoms with Crippen LogP contribution in [0.25, 0.3) is 0 Å². The van der Waals surface area contributed by atoms with Gasteiger partial charge in [0, 0.05) is 18.3 Å². The van der Waals surface area contributed by atoms with E-state index >= 15 is 0 Å². The zero-order valence-electron chi connectivity index (χ0n) is 11.1. The van der Waals surface area contributed by atoms with Crippen LogP contribution in [0.1, 0.15) is 10.4 Å². The largest absolute Gasteiger partial charge is 0.492 e. The standard InChI is InChI=1S/C15H14F2N2O2/c16-10-4-5-14(17)13(8-10)15(20)19-11-2-1-3-12(9-11)21-7-6-18/h1-5,8-9H,6-7,18H2,(H,19,20). The topological polar surface area (TPSA) is 64.3 Å². The molecule has 0 saturated heterocycles. The fraction of sp³-hybridized carbons (Fsp3) is 0.133. The summed E-state index contributed by atoms with van der Waals surface area (Å²) in [5.41, 5.74) is 5.39. The smallest absolute Gasteiger partial charge is 0.258 e. The highest BCUT2D eigenvalue weighted by atomic mass is 19.1. The number of hydrogen-bond donors (Lipinski definition) is 2. The summed E-state index contributed by atoms with van der Waals surface area (Å²) < 4.78 is 31.9. The number of nitrogens with two attached hydrogens (primary N) is 1. The second-order valence-corrected chi connectivity index (χ2v) is 4.24. The molecule has 1 amide bonds. The minimum Gasteiger partial charge on any atom is -0.492 e. The summed E-state index contributed by atoms with van der Waals surface area (Å²) in [6, 6.07) is 9.27. The third kappa shape index (κ3) is 4.00. The second-order valence-electron chi connectivity index (χ2n) is 4.24. The van der Waals surface area contributed by atoms with Gasteiger partial charge in [-0.1, -0.05) is 6.07 Å². The summed E-state index contributed by atoms with van der Waals surface area (Å²) >= 11 is 0. The lowest BCUT2D eigenvalue weighted by Crippen LogP contribution is -2.14. The number of carbonyl (C=O) groups excluding carboxylic acids is 1. The SMILES string of the molecule is NCCOc1cccc(NC(=O)c2cc(F)ccc2F)c1. The van der Waals surface area contributed by atoms with Crippen molar-refractivity contribution in [3.8, 4) is 5.75 Å². The molecule has 0 aromatic heterocycles. The van der Waals surface area contributed by atoms with Gasteiger partial charge in [-0.05, 0) is 30.3 Å². The first-order valence-electron chi connectivity index (χ1n) is 6.29. The Morgan fingerprint density at radius 2 is 2.00 bits per heavy atom. The van der Waals surface area contributed by atoms with Crippen molar-refractivity contribution in [2.24, 2.45) is 5.73 Å². The molecule has 0 atom stereocenters. The van der Waals surface area contributed by atoms with Crippen molar-refractivity contribution in [3.05, 3.63) is 59.7 Å². The lowest BCUT2D eigenvalue weighted by molar-refractivity contribution is 0.102. The van der Waals surface area contributed by atoms with Gasteiger partial charge in [0.1, 0.15) is 24.0 Å². The van der Waals surface area contributed by atoms with E-state index in [1.54, 1.807) is 24.3 Å². The molecule has 0 spiro atoms. The molecule has 0 fully saturated rings. The summed E-state index contributed by atoms with van der Waals surface area (Å²) in [4.78, 5) is 11.9. The van der Waals surface area contributed by atoms with Gasteiger partial charge in [0.2, 0.25) is 0 Å². The van der Waals surface area contributed by atoms with Crippen LogP contribution in [-0.4, -0.2) is 19.1 Å². The number of benzene rings is 2. The molecule has 0 aliphatic rings. The Morgan fingerprint density at radius 1 is 1.19 bits per heavy atom. The Morgan fingerprint density at radius 3 is 2.76 bits per heavy atom. The molecule has 2 aromatic rings. The number of halogens is 2. The molecule has 0 bridgehead atoms. The molecule has 0 heterocycles. The summed E-state index contributed by atoms with van der Waals surface area (Å²) in [6.07, 6.45) is 0. The van der Waals surface area contributed by atoms with E-state index in [1.807, 2.05) is 0 Å². The molecule has 0 radical (unpaired) electrons. The van der Waals surface area contributed by atoms with Crippen LogP contribution in [0, 0.1) is 11.6 Å². The van der Waals surface area contributed by atoms with Crippen LogP contribution in [0.3, 0.4) is 0 Å². The molecule has 0 aliphatic heterocycles. The van der Waals surface area contributed by atoms with Crippen LogP contribution in [0.4, 0.5) is 14.5 Å². The summed E-state index contributed by atoms with van der Waals surface area (Å²) in [6.45, 7) is 0.709. The number of hydrogen-bond acceptors (Lipinski definition) is 3. The highest BCUT2D eigenvalue weighted by molar-refractivity contribution is 6.04. The fourth-order valence-corrected chi connectivity index (χ4v) is 1.71. The lowest BCUT2D eigenvalue weighted by Gasteiger charge is -2.09. The second kappa shape index (κ2) is 6.81. The van der Waals surface area contributed by atoms with E-state index in [-0.39, 0.29) is 5.56 Å². The monoisotopic (exact) mass is 292 g/mol. The van der Waals surface area contributed by atoms with Crippen molar-refractivity contribution in [2.45, 2.75) is 0 Å². The Balaban J connectivity index is 2.14. The molecule has 3 N–H and O–H groups in total. The minimum absolute atomic E-state index is 0.343. The molecule has 2 rings (SSSR count). The Bertz CT molecular complexity index is 647. The lowest BCUT2D eigenvalue weighted by atomic mass is 10.2. The summed E-state index contributed by atoms with van der Waals surface area (Å²) in [7, 11) is 0. The van der Waals surface area contributed by atoms with E-state index in [1.165, 1.54) is 0 Å². The number of carbonyl (C=O) groups is 1. The van der Waals surface area contributed by atoms with E-state index in [0.29, 0.717) is 24.6 Å². The van der Waals surface area contributed by atoms with Gasteiger partial charge in [0.15, 0.2) is 0 Å². The van der Waals surface area contributed by atoms with Crippen molar-refractivity contribution >= 4 is 11.6 Å². The van der Waals surface area contributed by atoms with E-state index in [9.17, 15) is 13.6 Å². The average molecular weight is 292 g/mol. The van der Waals surface area contributed by atoms with Crippen LogP contribution in [0.2, 0.25) is 0 Å². The fourth-order valence-electron chi connectivity index (χ4n) is 1.71. The zero-order chi connectivity index (χ0) is 15.2. The zero-order valence-corrected chi connectivity index (χ0v) is 11.1. The van der Waals surface area contributed by atoms with E-state index < -0.39 is 17.5 Å². The predicted octanol–water partition coefficient (Wildman–Crippen LogP) is 2.55. The first-order chi connectivity index (χ1) is 10.1. The molecular weight excluding hydrogens is 278 g/mol. The van der Waals surface area contributed by atoms with Gasteiger partial charge in [-0.25, -0.2) is 8.78 Å². The van der Waals surface area contributed by atoms with Crippen LogP contribution in [-0.2, 0) is 0 Å². The van der Waals surface area contributed by atoms with Crippen molar-refractivity contribution in [1.82, 2.24) is 0 Å². The number of anilines is 1. The molecule has 4 nitrogen and oxygen atoms in total. The highest BCUT2D eigenvalue weighted by Gasteiger charge is 2.13. The third-order valence-electron chi connectivity index (χ3n) is 2.65. The van der Waals surface area contributed by atoms with Gasteiger partial charge >= 0.3 is 0 Å². The number of nitrogens with one attached hydrogen (secondary N) is 1. The van der Waals surface area contributed by atoms with Gasteiger partial charge in [-0.15, -0.1) is 0 Å². The summed E-state index contributed by atoms with van der Waals surface area (Å²) in [5, 5.41) is 2.49. The molecular formula is C15H14F2N2O2. The summed E-state index contributed by atoms with van der Waals surface area (Å²) in [5.74, 6) is -1.67. The number of amides is 1. The van der Waals surface area contributed by atoms with Gasteiger partial charge in [0.05, 0.1) is 5.56 Å². The van der Waals surface area contributed by atoms with Crippen LogP contribution < -0.4 is 15.8 Å². The van der Waals surface area contributed by atoms with Crippen molar-refractivity contribution in [3.63, 3.8) is 0 Å². The quantitative estimate of drug-likeness (QED) is 0.890. The molecule has 0 saturated carbocycles. The molecule has 0 aliphatic carbocycles. The minimum atomic E-state index is -0.788. The normalized spacial score (nSPS) is 10.2. The van der Waals surface area contributed by atoms with Crippen molar-refractivity contribution in [2.75, 3.05) is 18.5 Å². The maximum absolute atomic E-state index is 13.5. The van der Waals surface area contributed by atoms with Gasteiger partial charge in [-0.3, -0.25) is 4.79 Å². The van der Waals surface area contributed by atoms with E-state index in [2.05, 4.69) is 5.32 Å². The first kappa shape index (κ1) is 14.9. The third-order valence-corrected chi connectivity index (χ3v) is 2.65. The Hall–Kier alpha value is -2.47. The van der Waals surface area contributed by atoms with E-state index in [0.717, 1.165) is 18.2 Å². The molecule has 110 valence electrons. The molecule has 0 unspecified atom stereocenters. The van der Waals surface area contributed by atoms with Crippen LogP contribution in [0.15, 0.2) is 42.5 Å². The van der Waals surface area contributed by atoms with Gasteiger partial charge in [0.25, 0.3) is 5.91 Å². The van der Waals surface area contributed by atoms with Crippen molar-refractivity contribution < 1.29 is 18.3 Å². The Kier molecular flexibility index (Phi) is 4.84. The van der Waals surface area contributed by atoms with Gasteiger partial charge < -0.3 is 15.8 Å². The van der Waals surface area contributed by atoms with Crippen LogP contribution >= 0.6 is 0 Å². The highest BCUT2D eigenvalue weighted by Crippen LogP contribution is 2.19. The maximum Gasteiger partial charge on any atom is 0.258 e.